The second-order valence-corrected chi connectivity index (χ2v) is 7.72. The predicted molar refractivity (Wildman–Crippen MR) is 82.7 cm³/mol. The Balaban J connectivity index is 2.79. The molecule has 1 atom stereocenters. The van der Waals surface area contributed by atoms with Gasteiger partial charge < -0.3 is 5.32 Å². The molecule has 0 bridgehead atoms. The molecule has 3 nitrogen and oxygen atoms in total. The molecule has 1 aromatic carbocycles. The van der Waals surface area contributed by atoms with E-state index in [9.17, 15) is 4.79 Å². The van der Waals surface area contributed by atoms with Gasteiger partial charge in [0.25, 0.3) is 9.70 Å². The van der Waals surface area contributed by atoms with Crippen LogP contribution in [0.5, 0.6) is 0 Å². The lowest BCUT2D eigenvalue weighted by Crippen LogP contribution is -2.99. The maximum atomic E-state index is 12.1. The molecule has 3 N–H and O–H groups in total. The third-order valence-corrected chi connectivity index (χ3v) is 3.56. The number of halogens is 4. The van der Waals surface area contributed by atoms with Crippen molar-refractivity contribution in [2.24, 2.45) is 0 Å². The van der Waals surface area contributed by atoms with Crippen LogP contribution >= 0.6 is 50.7 Å². The Morgan fingerprint density at radius 3 is 2.21 bits per heavy atom. The van der Waals surface area contributed by atoms with Gasteiger partial charge in [0.15, 0.2) is 0 Å². The van der Waals surface area contributed by atoms with Gasteiger partial charge in [0.05, 0.1) is 6.04 Å². The van der Waals surface area contributed by atoms with Crippen LogP contribution in [-0.4, -0.2) is 21.9 Å². The number of nitrogens with two attached hydrogens (primary N) is 1. The summed E-state index contributed by atoms with van der Waals surface area (Å²) in [5, 5.41) is 4.51. The number of quaternary nitrogens is 1. The summed E-state index contributed by atoms with van der Waals surface area (Å²) in [5.41, 5.74) is 0.514. The molecule has 0 spiro atoms. The van der Waals surface area contributed by atoms with Gasteiger partial charge in [-0.3, -0.25) is 10.1 Å². The van der Waals surface area contributed by atoms with E-state index in [4.69, 9.17) is 34.8 Å². The summed E-state index contributed by atoms with van der Waals surface area (Å²) in [6.45, 7) is 3.91. The van der Waals surface area contributed by atoms with Crippen molar-refractivity contribution in [2.75, 3.05) is 0 Å². The van der Waals surface area contributed by atoms with Crippen molar-refractivity contribution in [3.05, 3.63) is 34.3 Å². The van der Waals surface area contributed by atoms with E-state index in [-0.39, 0.29) is 11.9 Å². The van der Waals surface area contributed by atoms with Crippen LogP contribution < -0.4 is 10.6 Å². The molecule has 0 aliphatic carbocycles. The number of carbonyl (C=O) groups is 1. The number of carbonyl (C=O) groups excluding carboxylic acids is 1. The van der Waals surface area contributed by atoms with Crippen LogP contribution in [0.2, 0.25) is 0 Å². The number of hydrogen-bond acceptors (Lipinski definition) is 1. The predicted octanol–water partition coefficient (Wildman–Crippen LogP) is 2.85. The highest BCUT2D eigenvalue weighted by Gasteiger charge is 2.38. The second kappa shape index (κ2) is 7.14. The molecule has 0 unspecified atom stereocenters. The first-order valence-electron chi connectivity index (χ1n) is 5.68. The summed E-state index contributed by atoms with van der Waals surface area (Å²) in [4.78, 5) is 12.1. The first kappa shape index (κ1) is 17.1. The van der Waals surface area contributed by atoms with Crippen LogP contribution in [-0.2, 0) is 0 Å². The summed E-state index contributed by atoms with van der Waals surface area (Å²) in [6.07, 6.45) is -0.645. The Bertz CT molecular complexity index is 432. The Hall–Kier alpha value is -0.000000000000000111. The molecule has 0 aliphatic rings. The summed E-state index contributed by atoms with van der Waals surface area (Å²) in [5.74, 6) is -0.277. The maximum absolute atomic E-state index is 12.1. The number of alkyl halides is 3. The van der Waals surface area contributed by atoms with Gasteiger partial charge in [-0.15, -0.1) is 0 Å². The summed E-state index contributed by atoms with van der Waals surface area (Å²) < 4.78 is -0.675. The highest BCUT2D eigenvalue weighted by Crippen LogP contribution is 2.27. The average molecular weight is 390 g/mol. The van der Waals surface area contributed by atoms with Crippen LogP contribution in [0.3, 0.4) is 0 Å². The van der Waals surface area contributed by atoms with Crippen molar-refractivity contribution < 1.29 is 10.1 Å². The van der Waals surface area contributed by atoms with Crippen LogP contribution in [0.15, 0.2) is 28.7 Å². The van der Waals surface area contributed by atoms with Crippen LogP contribution in [0.4, 0.5) is 0 Å². The van der Waals surface area contributed by atoms with Crippen LogP contribution in [0, 0.1) is 0 Å². The lowest BCUT2D eigenvalue weighted by molar-refractivity contribution is -0.717. The van der Waals surface area contributed by atoms with E-state index < -0.39 is 9.96 Å². The van der Waals surface area contributed by atoms with Crippen LogP contribution in [0.1, 0.15) is 24.2 Å². The molecule has 19 heavy (non-hydrogen) atoms. The number of rotatable bonds is 4. The molecule has 0 radical (unpaired) electrons. The summed E-state index contributed by atoms with van der Waals surface area (Å²) in [6, 6.07) is 7.15. The number of hydrogen-bond donors (Lipinski definition) is 2. The van der Waals surface area contributed by atoms with Crippen molar-refractivity contribution in [3.8, 4) is 0 Å². The van der Waals surface area contributed by atoms with Crippen molar-refractivity contribution in [1.82, 2.24) is 5.32 Å². The van der Waals surface area contributed by atoms with Gasteiger partial charge in [0, 0.05) is 10.0 Å². The standard InChI is InChI=1S/C12H14BrCl3N2O/c1-7(2)17-11(12(14,15)16)18-10(19)8-3-5-9(13)6-4-8/h3-7,11,17H,1-2H3,(H,18,19)/p+1/t11-/m0/s1. The molecular formula is C12H15BrCl3N2O+. The van der Waals surface area contributed by atoms with Gasteiger partial charge in [-0.2, -0.15) is 0 Å². The molecule has 0 aromatic heterocycles. The molecule has 0 saturated heterocycles. The Kier molecular flexibility index (Phi) is 6.40. The minimum absolute atomic E-state index is 0.186. The fourth-order valence-electron chi connectivity index (χ4n) is 1.45. The monoisotopic (exact) mass is 387 g/mol. The fraction of sp³-hybridized carbons (Fsp3) is 0.417. The molecule has 0 heterocycles. The normalized spacial score (nSPS) is 13.4. The first-order valence-corrected chi connectivity index (χ1v) is 7.61. The minimum Gasteiger partial charge on any atom is -0.321 e. The van der Waals surface area contributed by atoms with Gasteiger partial charge in [-0.05, 0) is 38.1 Å². The van der Waals surface area contributed by atoms with E-state index in [1.165, 1.54) is 0 Å². The second-order valence-electron chi connectivity index (χ2n) is 4.44. The molecule has 0 saturated carbocycles. The molecule has 1 aromatic rings. The number of amides is 1. The Morgan fingerprint density at radius 2 is 1.79 bits per heavy atom. The van der Waals surface area contributed by atoms with E-state index in [2.05, 4.69) is 21.2 Å². The third kappa shape index (κ3) is 5.88. The van der Waals surface area contributed by atoms with Gasteiger partial charge in [-0.1, -0.05) is 50.7 Å². The maximum Gasteiger partial charge on any atom is 0.262 e. The van der Waals surface area contributed by atoms with Crippen molar-refractivity contribution in [1.29, 1.82) is 0 Å². The smallest absolute Gasteiger partial charge is 0.262 e. The first-order chi connectivity index (χ1) is 8.70. The number of benzene rings is 1. The van der Waals surface area contributed by atoms with Crippen LogP contribution in [0.25, 0.3) is 0 Å². The fourth-order valence-corrected chi connectivity index (χ4v) is 2.10. The highest BCUT2D eigenvalue weighted by atomic mass is 79.9. The van der Waals surface area contributed by atoms with Gasteiger partial charge in [0.2, 0.25) is 6.17 Å². The molecule has 0 fully saturated rings. The topological polar surface area (TPSA) is 45.7 Å². The van der Waals surface area contributed by atoms with Gasteiger partial charge in [0.1, 0.15) is 0 Å². The van der Waals surface area contributed by atoms with Crippen molar-refractivity contribution >= 4 is 56.6 Å². The Morgan fingerprint density at radius 1 is 1.26 bits per heavy atom. The average Bonchev–Trinajstić information content (AvgIpc) is 2.27. The Labute approximate surface area is 136 Å². The van der Waals surface area contributed by atoms with Gasteiger partial charge >= 0.3 is 0 Å². The molecule has 1 amide bonds. The zero-order valence-electron chi connectivity index (χ0n) is 10.5. The van der Waals surface area contributed by atoms with Gasteiger partial charge in [-0.25, -0.2) is 0 Å². The van der Waals surface area contributed by atoms with E-state index in [0.29, 0.717) is 5.56 Å². The SMILES string of the molecule is CC(C)[NH2+][C@@H](NC(=O)c1ccc(Br)cc1)C(Cl)(Cl)Cl. The lowest BCUT2D eigenvalue weighted by atomic mass is 10.2. The zero-order chi connectivity index (χ0) is 14.6. The molecule has 0 aliphatic heterocycles. The quantitative estimate of drug-likeness (QED) is 0.604. The number of nitrogens with one attached hydrogen (secondary N) is 1. The van der Waals surface area contributed by atoms with E-state index in [0.717, 1.165) is 4.47 Å². The summed E-state index contributed by atoms with van der Waals surface area (Å²) in [7, 11) is 0. The molecular weight excluding hydrogens is 374 g/mol. The molecule has 106 valence electrons. The molecule has 7 heteroatoms. The zero-order valence-corrected chi connectivity index (χ0v) is 14.3. The summed E-state index contributed by atoms with van der Waals surface area (Å²) >= 11 is 20.9. The van der Waals surface area contributed by atoms with E-state index in [1.807, 2.05) is 13.8 Å². The minimum atomic E-state index is -1.57. The van der Waals surface area contributed by atoms with E-state index >= 15 is 0 Å². The lowest BCUT2D eigenvalue weighted by Gasteiger charge is -2.25. The third-order valence-electron chi connectivity index (χ3n) is 2.32. The molecule has 1 rings (SSSR count). The van der Waals surface area contributed by atoms with E-state index in [1.54, 1.807) is 29.6 Å². The van der Waals surface area contributed by atoms with Crippen molar-refractivity contribution in [2.45, 2.75) is 29.8 Å². The largest absolute Gasteiger partial charge is 0.321 e. The van der Waals surface area contributed by atoms with Crippen molar-refractivity contribution in [3.63, 3.8) is 0 Å². The highest BCUT2D eigenvalue weighted by molar-refractivity contribution is 9.10.